The van der Waals surface area contributed by atoms with E-state index in [0.29, 0.717) is 0 Å². The lowest BCUT2D eigenvalue weighted by molar-refractivity contribution is 0.0379. The van der Waals surface area contributed by atoms with Gasteiger partial charge in [-0.15, -0.1) is 0 Å². The molecular formula is C19H20N2O2. The zero-order valence-electron chi connectivity index (χ0n) is 13.6. The summed E-state index contributed by atoms with van der Waals surface area (Å²) in [6.07, 6.45) is 0.725. The molecule has 0 saturated carbocycles. The van der Waals surface area contributed by atoms with Gasteiger partial charge in [-0.25, -0.2) is 4.79 Å². The number of urea groups is 1. The van der Waals surface area contributed by atoms with Gasteiger partial charge in [-0.2, -0.15) is 0 Å². The number of nitrogens with zero attached hydrogens (tertiary/aromatic N) is 1. The summed E-state index contributed by atoms with van der Waals surface area (Å²) in [6.45, 7) is 6.12. The molecule has 2 aromatic carbocycles. The quantitative estimate of drug-likeness (QED) is 0.862. The number of aryl methyl sites for hydroxylation is 2. The molecule has 23 heavy (non-hydrogen) atoms. The summed E-state index contributed by atoms with van der Waals surface area (Å²) in [7, 11) is 0. The minimum atomic E-state index is -0.678. The van der Waals surface area contributed by atoms with Crippen LogP contribution in [0.15, 0.2) is 42.5 Å². The first-order valence-corrected chi connectivity index (χ1v) is 7.94. The lowest BCUT2D eigenvalue weighted by Crippen LogP contribution is -2.65. The van der Waals surface area contributed by atoms with Crippen molar-refractivity contribution in [1.82, 2.24) is 5.32 Å². The first kappa shape index (κ1) is 14.1. The van der Waals surface area contributed by atoms with Crippen molar-refractivity contribution < 1.29 is 9.53 Å². The van der Waals surface area contributed by atoms with Crippen LogP contribution in [0.25, 0.3) is 0 Å². The highest BCUT2D eigenvalue weighted by Gasteiger charge is 2.49. The zero-order chi connectivity index (χ0) is 16.2. The van der Waals surface area contributed by atoms with E-state index in [1.807, 2.05) is 49.4 Å². The molecule has 2 atom stereocenters. The molecule has 4 nitrogen and oxygen atoms in total. The first-order chi connectivity index (χ1) is 11.0. The molecule has 2 heterocycles. The van der Waals surface area contributed by atoms with Crippen molar-refractivity contribution >= 4 is 11.7 Å². The number of hydrogen-bond donors (Lipinski definition) is 1. The van der Waals surface area contributed by atoms with Gasteiger partial charge in [0.25, 0.3) is 0 Å². The fourth-order valence-electron chi connectivity index (χ4n) is 3.58. The lowest BCUT2D eigenvalue weighted by atomic mass is 9.90. The monoisotopic (exact) mass is 308 g/mol. The van der Waals surface area contributed by atoms with Crippen molar-refractivity contribution in [3.63, 3.8) is 0 Å². The molecule has 118 valence electrons. The topological polar surface area (TPSA) is 41.6 Å². The number of rotatable bonds is 1. The van der Waals surface area contributed by atoms with Gasteiger partial charge in [0.2, 0.25) is 0 Å². The van der Waals surface area contributed by atoms with Gasteiger partial charge in [0, 0.05) is 17.7 Å². The van der Waals surface area contributed by atoms with Gasteiger partial charge in [0.1, 0.15) is 5.75 Å². The lowest BCUT2D eigenvalue weighted by Gasteiger charge is -2.50. The van der Waals surface area contributed by atoms with Crippen molar-refractivity contribution in [2.75, 3.05) is 4.90 Å². The van der Waals surface area contributed by atoms with E-state index in [1.165, 1.54) is 5.56 Å². The second-order valence-electron chi connectivity index (χ2n) is 6.63. The Hall–Kier alpha value is -2.49. The van der Waals surface area contributed by atoms with Crippen molar-refractivity contribution in [3.8, 4) is 5.75 Å². The molecule has 1 saturated heterocycles. The second-order valence-corrected chi connectivity index (χ2v) is 6.63. The van der Waals surface area contributed by atoms with Gasteiger partial charge in [0.15, 0.2) is 5.72 Å². The summed E-state index contributed by atoms with van der Waals surface area (Å²) in [4.78, 5) is 14.5. The number of nitrogens with one attached hydrogen (secondary N) is 1. The molecule has 2 amide bonds. The van der Waals surface area contributed by atoms with Gasteiger partial charge < -0.3 is 10.1 Å². The van der Waals surface area contributed by atoms with Gasteiger partial charge in [0.05, 0.1) is 6.04 Å². The molecule has 4 rings (SSSR count). The van der Waals surface area contributed by atoms with E-state index < -0.39 is 5.72 Å². The van der Waals surface area contributed by atoms with E-state index in [-0.39, 0.29) is 12.1 Å². The molecule has 0 aliphatic carbocycles. The van der Waals surface area contributed by atoms with Gasteiger partial charge >= 0.3 is 6.03 Å². The van der Waals surface area contributed by atoms with E-state index in [1.54, 1.807) is 4.90 Å². The third-order valence-corrected chi connectivity index (χ3v) is 4.93. The Labute approximate surface area is 136 Å². The van der Waals surface area contributed by atoms with Crippen LogP contribution in [0.2, 0.25) is 0 Å². The average Bonchev–Trinajstić information content (AvgIpc) is 2.50. The highest BCUT2D eigenvalue weighted by molar-refractivity contribution is 5.95. The van der Waals surface area contributed by atoms with Crippen LogP contribution in [0, 0.1) is 13.8 Å². The van der Waals surface area contributed by atoms with Crippen molar-refractivity contribution in [3.05, 3.63) is 59.2 Å². The van der Waals surface area contributed by atoms with Gasteiger partial charge in [-0.1, -0.05) is 24.3 Å². The number of benzene rings is 2. The van der Waals surface area contributed by atoms with Gasteiger partial charge in [-0.05, 0) is 50.1 Å². The van der Waals surface area contributed by atoms with Crippen LogP contribution in [0.3, 0.4) is 0 Å². The van der Waals surface area contributed by atoms with E-state index >= 15 is 0 Å². The van der Waals surface area contributed by atoms with Crippen molar-refractivity contribution in [2.45, 2.75) is 39.0 Å². The number of anilines is 1. The smallest absolute Gasteiger partial charge is 0.325 e. The van der Waals surface area contributed by atoms with Crippen LogP contribution < -0.4 is 15.0 Å². The molecule has 0 radical (unpaired) electrons. The van der Waals surface area contributed by atoms with Crippen LogP contribution in [-0.4, -0.2) is 11.8 Å². The molecule has 2 aliphatic rings. The number of carbonyl (C=O) groups excluding carboxylic acids is 1. The third kappa shape index (κ3) is 2.09. The van der Waals surface area contributed by atoms with Crippen LogP contribution in [0.5, 0.6) is 5.75 Å². The number of para-hydroxylation sites is 1. The first-order valence-electron chi connectivity index (χ1n) is 7.94. The van der Waals surface area contributed by atoms with Crippen LogP contribution in [0.4, 0.5) is 10.5 Å². The van der Waals surface area contributed by atoms with Gasteiger partial charge in [-0.3, -0.25) is 4.90 Å². The standard InChI is InChI=1S/C19H20N2O2/c1-12-8-9-14(10-13(12)2)21-18(22)20-16-11-19(21,3)23-17-7-5-4-6-15(16)17/h4-10,16H,11H2,1-3H3,(H,20,22)/t16-,19+/m1/s1. The molecule has 0 unspecified atom stereocenters. The number of amides is 2. The highest BCUT2D eigenvalue weighted by Crippen LogP contribution is 2.45. The Balaban J connectivity index is 1.81. The van der Waals surface area contributed by atoms with Crippen LogP contribution in [0.1, 0.15) is 36.1 Å². The molecule has 2 aliphatic heterocycles. The maximum Gasteiger partial charge on any atom is 0.325 e. The molecule has 2 aromatic rings. The maximum atomic E-state index is 12.8. The molecule has 4 heteroatoms. The summed E-state index contributed by atoms with van der Waals surface area (Å²) >= 11 is 0. The van der Waals surface area contributed by atoms with E-state index in [9.17, 15) is 4.79 Å². The number of carbonyl (C=O) groups is 1. The minimum Gasteiger partial charge on any atom is -0.467 e. The fourth-order valence-corrected chi connectivity index (χ4v) is 3.58. The summed E-state index contributed by atoms with van der Waals surface area (Å²) in [5, 5.41) is 3.12. The Morgan fingerprint density at radius 3 is 2.74 bits per heavy atom. The summed E-state index contributed by atoms with van der Waals surface area (Å²) in [5.74, 6) is 0.847. The predicted octanol–water partition coefficient (Wildman–Crippen LogP) is 4.07. The maximum absolute atomic E-state index is 12.8. The predicted molar refractivity (Wildman–Crippen MR) is 89.8 cm³/mol. The molecule has 0 spiro atoms. The molecule has 1 N–H and O–H groups in total. The molecular weight excluding hydrogens is 288 g/mol. The average molecular weight is 308 g/mol. The minimum absolute atomic E-state index is 0.000227. The Morgan fingerprint density at radius 1 is 1.17 bits per heavy atom. The van der Waals surface area contributed by atoms with E-state index in [0.717, 1.165) is 29.0 Å². The van der Waals surface area contributed by atoms with E-state index in [2.05, 4.69) is 19.2 Å². The van der Waals surface area contributed by atoms with Crippen molar-refractivity contribution in [1.29, 1.82) is 0 Å². The number of hydrogen-bond acceptors (Lipinski definition) is 2. The number of ether oxygens (including phenoxy) is 1. The fraction of sp³-hybridized carbons (Fsp3) is 0.316. The van der Waals surface area contributed by atoms with Crippen LogP contribution in [-0.2, 0) is 0 Å². The second kappa shape index (κ2) is 4.75. The van der Waals surface area contributed by atoms with E-state index in [4.69, 9.17) is 4.74 Å². The Kier molecular flexibility index (Phi) is 2.92. The highest BCUT2D eigenvalue weighted by atomic mass is 16.5. The third-order valence-electron chi connectivity index (χ3n) is 4.93. The normalized spacial score (nSPS) is 25.4. The van der Waals surface area contributed by atoms with Crippen LogP contribution >= 0.6 is 0 Å². The summed E-state index contributed by atoms with van der Waals surface area (Å²) < 4.78 is 6.26. The van der Waals surface area contributed by atoms with Crippen molar-refractivity contribution in [2.24, 2.45) is 0 Å². The Bertz CT molecular complexity index is 802. The molecule has 2 bridgehead atoms. The number of fused-ring (bicyclic) bond motifs is 4. The zero-order valence-corrected chi connectivity index (χ0v) is 13.6. The summed E-state index contributed by atoms with van der Waals surface area (Å²) in [5.41, 5.74) is 3.62. The summed E-state index contributed by atoms with van der Waals surface area (Å²) in [6, 6.07) is 13.9. The largest absolute Gasteiger partial charge is 0.467 e. The molecule has 0 aromatic heterocycles. The molecule has 1 fully saturated rings. The Morgan fingerprint density at radius 2 is 1.96 bits per heavy atom. The SMILES string of the molecule is Cc1ccc(N2C(=O)N[C@@H]3C[C@]2(C)Oc2ccccc23)cc1C.